The van der Waals surface area contributed by atoms with Gasteiger partial charge in [-0.15, -0.1) is 0 Å². The number of para-hydroxylation sites is 1. The Morgan fingerprint density at radius 3 is 2.34 bits per heavy atom. The molecule has 0 spiro atoms. The van der Waals surface area contributed by atoms with Crippen LogP contribution in [-0.4, -0.2) is 30.6 Å². The average Bonchev–Trinajstić information content (AvgIpc) is 2.75. The number of amides is 1. The lowest BCUT2D eigenvalue weighted by Crippen LogP contribution is -2.13. The fourth-order valence-corrected chi connectivity index (χ4v) is 2.62. The van der Waals surface area contributed by atoms with Gasteiger partial charge in [-0.2, -0.15) is 0 Å². The molecule has 148 valence electrons. The lowest BCUT2D eigenvalue weighted by Gasteiger charge is -2.10. The Bertz CT molecular complexity index is 986. The standard InChI is InChI=1S/C22H21N3O4/c1-3-29-22(27)15-8-10-16(11-9-15)24-20-13-12-17(14-23-20)25-21(26)18-6-4-5-7-19(18)28-2/h4-14H,3H2,1-2H3,(H,23,24)(H,25,26). The Morgan fingerprint density at radius 2 is 1.69 bits per heavy atom. The molecule has 2 aromatic carbocycles. The van der Waals surface area contributed by atoms with Crippen LogP contribution < -0.4 is 15.4 Å². The molecule has 0 radical (unpaired) electrons. The summed E-state index contributed by atoms with van der Waals surface area (Å²) in [5.41, 5.74) is 2.26. The predicted octanol–water partition coefficient (Wildman–Crippen LogP) is 4.26. The van der Waals surface area contributed by atoms with E-state index in [-0.39, 0.29) is 11.9 Å². The number of benzene rings is 2. The number of aromatic nitrogens is 1. The second-order valence-corrected chi connectivity index (χ2v) is 6.01. The average molecular weight is 391 g/mol. The van der Waals surface area contributed by atoms with E-state index in [1.165, 1.54) is 7.11 Å². The summed E-state index contributed by atoms with van der Waals surface area (Å²) in [5.74, 6) is 0.471. The number of pyridine rings is 1. The smallest absolute Gasteiger partial charge is 0.338 e. The Labute approximate surface area is 168 Å². The van der Waals surface area contributed by atoms with E-state index in [2.05, 4.69) is 15.6 Å². The molecule has 3 aromatic rings. The summed E-state index contributed by atoms with van der Waals surface area (Å²) in [6.45, 7) is 2.10. The molecular formula is C22H21N3O4. The van der Waals surface area contributed by atoms with Gasteiger partial charge in [-0.05, 0) is 55.5 Å². The molecule has 1 amide bonds. The number of esters is 1. The molecule has 2 N–H and O–H groups in total. The molecule has 3 rings (SSSR count). The fraction of sp³-hybridized carbons (Fsp3) is 0.136. The van der Waals surface area contributed by atoms with Gasteiger partial charge in [0.1, 0.15) is 11.6 Å². The van der Waals surface area contributed by atoms with Crippen molar-refractivity contribution in [2.24, 2.45) is 0 Å². The van der Waals surface area contributed by atoms with Crippen LogP contribution in [0.15, 0.2) is 66.9 Å². The molecule has 0 aliphatic heterocycles. The van der Waals surface area contributed by atoms with Gasteiger partial charge in [-0.3, -0.25) is 4.79 Å². The third kappa shape index (κ3) is 5.10. The predicted molar refractivity (Wildman–Crippen MR) is 111 cm³/mol. The summed E-state index contributed by atoms with van der Waals surface area (Å²) in [7, 11) is 1.52. The first kappa shape index (κ1) is 19.9. The van der Waals surface area contributed by atoms with Crippen molar-refractivity contribution < 1.29 is 19.1 Å². The first-order valence-corrected chi connectivity index (χ1v) is 9.05. The van der Waals surface area contributed by atoms with Gasteiger partial charge in [0, 0.05) is 5.69 Å². The van der Waals surface area contributed by atoms with Gasteiger partial charge in [0.05, 0.1) is 36.7 Å². The number of hydrogen-bond donors (Lipinski definition) is 2. The van der Waals surface area contributed by atoms with E-state index < -0.39 is 0 Å². The summed E-state index contributed by atoms with van der Waals surface area (Å²) in [5, 5.41) is 5.93. The molecule has 0 saturated heterocycles. The summed E-state index contributed by atoms with van der Waals surface area (Å²) in [6, 6.07) is 17.4. The first-order valence-electron chi connectivity index (χ1n) is 9.05. The molecule has 7 nitrogen and oxygen atoms in total. The van der Waals surface area contributed by atoms with Crippen LogP contribution in [-0.2, 0) is 4.74 Å². The quantitative estimate of drug-likeness (QED) is 0.585. The second-order valence-electron chi connectivity index (χ2n) is 6.01. The fourth-order valence-electron chi connectivity index (χ4n) is 2.62. The third-order valence-corrected chi connectivity index (χ3v) is 4.04. The van der Waals surface area contributed by atoms with Gasteiger partial charge >= 0.3 is 5.97 Å². The van der Waals surface area contributed by atoms with Crippen molar-refractivity contribution >= 4 is 29.1 Å². The van der Waals surface area contributed by atoms with E-state index in [1.807, 2.05) is 0 Å². The number of carbonyl (C=O) groups excluding carboxylic acids is 2. The first-order chi connectivity index (χ1) is 14.1. The molecule has 1 heterocycles. The maximum absolute atomic E-state index is 12.4. The zero-order valence-electron chi connectivity index (χ0n) is 16.1. The zero-order valence-corrected chi connectivity index (χ0v) is 16.1. The molecule has 0 fully saturated rings. The van der Waals surface area contributed by atoms with Crippen molar-refractivity contribution in [3.63, 3.8) is 0 Å². The van der Waals surface area contributed by atoms with Crippen molar-refractivity contribution in [1.29, 1.82) is 0 Å². The zero-order chi connectivity index (χ0) is 20.6. The number of methoxy groups -OCH3 is 1. The van der Waals surface area contributed by atoms with E-state index in [0.717, 1.165) is 5.69 Å². The number of hydrogen-bond acceptors (Lipinski definition) is 6. The van der Waals surface area contributed by atoms with Crippen molar-refractivity contribution in [2.45, 2.75) is 6.92 Å². The molecule has 7 heteroatoms. The highest BCUT2D eigenvalue weighted by molar-refractivity contribution is 6.06. The number of nitrogens with one attached hydrogen (secondary N) is 2. The molecular weight excluding hydrogens is 370 g/mol. The second kappa shape index (κ2) is 9.36. The monoisotopic (exact) mass is 391 g/mol. The van der Waals surface area contributed by atoms with Gasteiger partial charge < -0.3 is 20.1 Å². The number of carbonyl (C=O) groups is 2. The van der Waals surface area contributed by atoms with Crippen LogP contribution in [0.3, 0.4) is 0 Å². The van der Waals surface area contributed by atoms with Crippen LogP contribution in [0, 0.1) is 0 Å². The highest BCUT2D eigenvalue weighted by Crippen LogP contribution is 2.20. The Hall–Kier alpha value is -3.87. The number of nitrogens with zero attached hydrogens (tertiary/aromatic N) is 1. The van der Waals surface area contributed by atoms with Crippen molar-refractivity contribution in [1.82, 2.24) is 4.98 Å². The van der Waals surface area contributed by atoms with Crippen molar-refractivity contribution in [3.05, 3.63) is 78.0 Å². The van der Waals surface area contributed by atoms with Gasteiger partial charge in [-0.25, -0.2) is 9.78 Å². The maximum Gasteiger partial charge on any atom is 0.338 e. The van der Waals surface area contributed by atoms with Crippen LogP contribution in [0.5, 0.6) is 5.75 Å². The summed E-state index contributed by atoms with van der Waals surface area (Å²) >= 11 is 0. The molecule has 0 atom stereocenters. The summed E-state index contributed by atoms with van der Waals surface area (Å²) in [6.07, 6.45) is 1.56. The normalized spacial score (nSPS) is 10.1. The minimum atomic E-state index is -0.354. The Morgan fingerprint density at radius 1 is 0.966 bits per heavy atom. The summed E-state index contributed by atoms with van der Waals surface area (Å²) < 4.78 is 10.2. The lowest BCUT2D eigenvalue weighted by molar-refractivity contribution is 0.0526. The highest BCUT2D eigenvalue weighted by atomic mass is 16.5. The van der Waals surface area contributed by atoms with Crippen LogP contribution in [0.4, 0.5) is 17.2 Å². The van der Waals surface area contributed by atoms with Crippen molar-refractivity contribution in [2.75, 3.05) is 24.4 Å². The molecule has 0 aliphatic carbocycles. The molecule has 29 heavy (non-hydrogen) atoms. The minimum absolute atomic E-state index is 0.278. The van der Waals surface area contributed by atoms with E-state index in [1.54, 1.807) is 73.8 Å². The molecule has 0 unspecified atom stereocenters. The Kier molecular flexibility index (Phi) is 6.42. The summed E-state index contributed by atoms with van der Waals surface area (Å²) in [4.78, 5) is 28.4. The van der Waals surface area contributed by atoms with Crippen LogP contribution in [0.1, 0.15) is 27.6 Å². The van der Waals surface area contributed by atoms with Crippen LogP contribution >= 0.6 is 0 Å². The molecule has 0 aliphatic rings. The van der Waals surface area contributed by atoms with E-state index in [0.29, 0.717) is 35.0 Å². The topological polar surface area (TPSA) is 89.6 Å². The highest BCUT2D eigenvalue weighted by Gasteiger charge is 2.12. The van der Waals surface area contributed by atoms with Gasteiger partial charge in [0.2, 0.25) is 0 Å². The van der Waals surface area contributed by atoms with Crippen LogP contribution in [0.25, 0.3) is 0 Å². The third-order valence-electron chi connectivity index (χ3n) is 4.04. The van der Waals surface area contributed by atoms with Gasteiger partial charge in [0.15, 0.2) is 0 Å². The van der Waals surface area contributed by atoms with E-state index >= 15 is 0 Å². The van der Waals surface area contributed by atoms with E-state index in [9.17, 15) is 9.59 Å². The van der Waals surface area contributed by atoms with Crippen molar-refractivity contribution in [3.8, 4) is 5.75 Å². The van der Waals surface area contributed by atoms with Gasteiger partial charge in [-0.1, -0.05) is 12.1 Å². The SMILES string of the molecule is CCOC(=O)c1ccc(Nc2ccc(NC(=O)c3ccccc3OC)cn2)cc1. The maximum atomic E-state index is 12.4. The molecule has 1 aromatic heterocycles. The minimum Gasteiger partial charge on any atom is -0.496 e. The van der Waals surface area contributed by atoms with Crippen LogP contribution in [0.2, 0.25) is 0 Å². The lowest BCUT2D eigenvalue weighted by atomic mass is 10.2. The number of ether oxygens (including phenoxy) is 2. The largest absolute Gasteiger partial charge is 0.496 e. The molecule has 0 bridgehead atoms. The number of anilines is 3. The Balaban J connectivity index is 1.63. The van der Waals surface area contributed by atoms with E-state index in [4.69, 9.17) is 9.47 Å². The number of rotatable bonds is 7. The van der Waals surface area contributed by atoms with Gasteiger partial charge in [0.25, 0.3) is 5.91 Å². The molecule has 0 saturated carbocycles.